The van der Waals surface area contributed by atoms with Gasteiger partial charge in [0.25, 0.3) is 0 Å². The van der Waals surface area contributed by atoms with Crippen LogP contribution in [0, 0.1) is 11.3 Å². The Morgan fingerprint density at radius 2 is 1.35 bits per heavy atom. The highest BCUT2D eigenvalue weighted by molar-refractivity contribution is 5.14. The van der Waals surface area contributed by atoms with Crippen LogP contribution in [-0.4, -0.2) is 26.3 Å². The molecule has 0 aromatic heterocycles. The van der Waals surface area contributed by atoms with Gasteiger partial charge in [0, 0.05) is 11.5 Å². The molecule has 0 bridgehead atoms. The molecule has 0 spiro atoms. The lowest BCUT2D eigenvalue weighted by Crippen LogP contribution is -2.33. The quantitative estimate of drug-likeness (QED) is 0.724. The molecule has 2 atom stereocenters. The zero-order chi connectivity index (χ0) is 18.2. The molecule has 1 aliphatic carbocycles. The molecule has 3 nitrogen and oxygen atoms in total. The van der Waals surface area contributed by atoms with Gasteiger partial charge in [-0.1, -0.05) is 67.6 Å². The predicted molar refractivity (Wildman–Crippen MR) is 106 cm³/mol. The maximum absolute atomic E-state index is 6.14. The van der Waals surface area contributed by atoms with Gasteiger partial charge in [0.15, 0.2) is 0 Å². The summed E-state index contributed by atoms with van der Waals surface area (Å²) in [4.78, 5) is 0. The van der Waals surface area contributed by atoms with E-state index < -0.39 is 0 Å². The molecule has 0 heterocycles. The molecule has 3 heteroatoms. The SMILES string of the molecule is CN[C@@H]1CC(COCc2ccccc2)(COCc2ccccc2)C[C@@H]1C. The highest BCUT2D eigenvalue weighted by atomic mass is 16.5. The first-order valence-corrected chi connectivity index (χ1v) is 9.61. The van der Waals surface area contributed by atoms with Crippen LogP contribution in [0.3, 0.4) is 0 Å². The molecule has 26 heavy (non-hydrogen) atoms. The molecule has 140 valence electrons. The first-order valence-electron chi connectivity index (χ1n) is 9.61. The van der Waals surface area contributed by atoms with E-state index in [9.17, 15) is 0 Å². The van der Waals surface area contributed by atoms with Gasteiger partial charge < -0.3 is 14.8 Å². The molecule has 1 saturated carbocycles. The lowest BCUT2D eigenvalue weighted by Gasteiger charge is -2.29. The third kappa shape index (κ3) is 5.16. The first-order chi connectivity index (χ1) is 12.7. The fourth-order valence-corrected chi connectivity index (χ4v) is 4.16. The van der Waals surface area contributed by atoms with Crippen LogP contribution in [0.25, 0.3) is 0 Å². The number of hydrogen-bond acceptors (Lipinski definition) is 3. The molecule has 2 aromatic carbocycles. The van der Waals surface area contributed by atoms with Gasteiger partial charge in [-0.15, -0.1) is 0 Å². The Bertz CT molecular complexity index is 598. The minimum absolute atomic E-state index is 0.0939. The van der Waals surface area contributed by atoms with Gasteiger partial charge in [-0.05, 0) is 36.9 Å². The molecule has 0 aliphatic heterocycles. The zero-order valence-electron chi connectivity index (χ0n) is 16.0. The summed E-state index contributed by atoms with van der Waals surface area (Å²) in [6, 6.07) is 21.3. The van der Waals surface area contributed by atoms with Crippen LogP contribution in [0.5, 0.6) is 0 Å². The Labute approximate surface area is 157 Å². The van der Waals surface area contributed by atoms with Gasteiger partial charge in [-0.2, -0.15) is 0 Å². The summed E-state index contributed by atoms with van der Waals surface area (Å²) in [5.41, 5.74) is 2.55. The van der Waals surface area contributed by atoms with Gasteiger partial charge in [0.1, 0.15) is 0 Å². The first kappa shape index (κ1) is 19.1. The smallest absolute Gasteiger partial charge is 0.0717 e. The summed E-state index contributed by atoms with van der Waals surface area (Å²) in [6.45, 7) is 5.16. The largest absolute Gasteiger partial charge is 0.376 e. The van der Waals surface area contributed by atoms with Crippen LogP contribution >= 0.6 is 0 Å². The summed E-state index contributed by atoms with van der Waals surface area (Å²) in [6.07, 6.45) is 2.25. The fraction of sp³-hybridized carbons (Fsp3) is 0.478. The molecule has 0 saturated heterocycles. The second-order valence-corrected chi connectivity index (χ2v) is 7.74. The molecule has 0 unspecified atom stereocenters. The van der Waals surface area contributed by atoms with Crippen molar-refractivity contribution in [2.75, 3.05) is 20.3 Å². The van der Waals surface area contributed by atoms with E-state index in [4.69, 9.17) is 9.47 Å². The Balaban J connectivity index is 1.57. The van der Waals surface area contributed by atoms with Gasteiger partial charge >= 0.3 is 0 Å². The molecule has 1 aliphatic rings. The molecule has 0 amide bonds. The number of rotatable bonds is 9. The second kappa shape index (κ2) is 9.31. The lowest BCUT2D eigenvalue weighted by molar-refractivity contribution is -0.0320. The van der Waals surface area contributed by atoms with Crippen molar-refractivity contribution in [1.82, 2.24) is 5.32 Å². The number of nitrogens with one attached hydrogen (secondary N) is 1. The van der Waals surface area contributed by atoms with Crippen LogP contribution in [0.1, 0.15) is 30.9 Å². The van der Waals surface area contributed by atoms with Crippen LogP contribution < -0.4 is 5.32 Å². The van der Waals surface area contributed by atoms with Crippen molar-refractivity contribution in [3.63, 3.8) is 0 Å². The number of hydrogen-bond donors (Lipinski definition) is 1. The highest BCUT2D eigenvalue weighted by Gasteiger charge is 2.43. The fourth-order valence-electron chi connectivity index (χ4n) is 4.16. The summed E-state index contributed by atoms with van der Waals surface area (Å²) in [5, 5.41) is 3.47. The van der Waals surface area contributed by atoms with E-state index in [0.29, 0.717) is 25.2 Å². The number of ether oxygens (including phenoxy) is 2. The molecule has 2 aromatic rings. The van der Waals surface area contributed by atoms with Crippen molar-refractivity contribution in [2.45, 2.75) is 39.0 Å². The van der Waals surface area contributed by atoms with Crippen molar-refractivity contribution in [1.29, 1.82) is 0 Å². The molecular formula is C23H31NO2. The van der Waals surface area contributed by atoms with Crippen LogP contribution in [-0.2, 0) is 22.7 Å². The van der Waals surface area contributed by atoms with E-state index in [0.717, 1.165) is 26.1 Å². The summed E-state index contributed by atoms with van der Waals surface area (Å²) >= 11 is 0. The lowest BCUT2D eigenvalue weighted by atomic mass is 9.87. The van der Waals surface area contributed by atoms with Gasteiger partial charge in [0.05, 0.1) is 26.4 Å². The van der Waals surface area contributed by atoms with Crippen molar-refractivity contribution in [3.05, 3.63) is 71.8 Å². The van der Waals surface area contributed by atoms with E-state index in [2.05, 4.69) is 67.8 Å². The van der Waals surface area contributed by atoms with Gasteiger partial charge in [-0.3, -0.25) is 0 Å². The van der Waals surface area contributed by atoms with E-state index >= 15 is 0 Å². The Morgan fingerprint density at radius 1 is 0.846 bits per heavy atom. The third-order valence-electron chi connectivity index (χ3n) is 5.51. The predicted octanol–water partition coefficient (Wildman–Crippen LogP) is 4.42. The van der Waals surface area contributed by atoms with E-state index in [-0.39, 0.29) is 5.41 Å². The van der Waals surface area contributed by atoms with E-state index in [1.165, 1.54) is 11.1 Å². The standard InChI is InChI=1S/C23H31NO2/c1-19-13-23(14-22(19)24-2,17-25-15-20-9-5-3-6-10-20)18-26-16-21-11-7-4-8-12-21/h3-12,19,22,24H,13-18H2,1-2H3/t19-,22+/m0/s1. The van der Waals surface area contributed by atoms with Crippen molar-refractivity contribution < 1.29 is 9.47 Å². The summed E-state index contributed by atoms with van der Waals surface area (Å²) < 4.78 is 12.3. The minimum atomic E-state index is 0.0939. The third-order valence-corrected chi connectivity index (χ3v) is 5.51. The Kier molecular flexibility index (Phi) is 6.84. The highest BCUT2D eigenvalue weighted by Crippen LogP contribution is 2.42. The minimum Gasteiger partial charge on any atom is -0.376 e. The maximum Gasteiger partial charge on any atom is 0.0717 e. The zero-order valence-corrected chi connectivity index (χ0v) is 16.0. The average Bonchev–Trinajstić information content (AvgIpc) is 2.99. The van der Waals surface area contributed by atoms with Crippen molar-refractivity contribution >= 4 is 0 Å². The monoisotopic (exact) mass is 353 g/mol. The number of benzene rings is 2. The van der Waals surface area contributed by atoms with E-state index in [1.54, 1.807) is 0 Å². The maximum atomic E-state index is 6.14. The summed E-state index contributed by atoms with van der Waals surface area (Å²) in [5.74, 6) is 0.639. The Hall–Kier alpha value is -1.68. The van der Waals surface area contributed by atoms with Gasteiger partial charge in [-0.25, -0.2) is 0 Å². The Morgan fingerprint density at radius 3 is 1.77 bits per heavy atom. The normalized spacial score (nSPS) is 21.8. The molecule has 0 radical (unpaired) electrons. The van der Waals surface area contributed by atoms with Gasteiger partial charge in [0.2, 0.25) is 0 Å². The molecular weight excluding hydrogens is 322 g/mol. The van der Waals surface area contributed by atoms with Crippen LogP contribution in [0.4, 0.5) is 0 Å². The van der Waals surface area contributed by atoms with Crippen LogP contribution in [0.15, 0.2) is 60.7 Å². The average molecular weight is 354 g/mol. The van der Waals surface area contributed by atoms with Crippen molar-refractivity contribution in [3.8, 4) is 0 Å². The second-order valence-electron chi connectivity index (χ2n) is 7.74. The van der Waals surface area contributed by atoms with Crippen molar-refractivity contribution in [2.24, 2.45) is 11.3 Å². The molecule has 3 rings (SSSR count). The topological polar surface area (TPSA) is 30.5 Å². The molecule has 1 N–H and O–H groups in total. The summed E-state index contributed by atoms with van der Waals surface area (Å²) in [7, 11) is 2.06. The van der Waals surface area contributed by atoms with E-state index in [1.807, 2.05) is 12.1 Å². The van der Waals surface area contributed by atoms with Crippen LogP contribution in [0.2, 0.25) is 0 Å². The molecule has 1 fully saturated rings.